The largest absolute Gasteiger partial charge is 0.451 e. The van der Waals surface area contributed by atoms with Gasteiger partial charge in [0.2, 0.25) is 0 Å². The molecule has 0 amide bonds. The van der Waals surface area contributed by atoms with Crippen molar-refractivity contribution >= 4 is 27.5 Å². The average molecular weight is 348 g/mol. The Morgan fingerprint density at radius 3 is 2.37 bits per heavy atom. The second kappa shape index (κ2) is 5.88. The first-order valence-corrected chi connectivity index (χ1v) is 6.99. The van der Waals surface area contributed by atoms with Gasteiger partial charge in [-0.1, -0.05) is 33.6 Å². The molecule has 0 unspecified atom stereocenters. The summed E-state index contributed by atoms with van der Waals surface area (Å²) in [5.41, 5.74) is 1.25. The van der Waals surface area contributed by atoms with E-state index in [1.807, 2.05) is 0 Å². The molecule has 19 heavy (non-hydrogen) atoms. The first-order chi connectivity index (χ1) is 9.01. The highest BCUT2D eigenvalue weighted by Crippen LogP contribution is 2.32. The molecule has 0 atom stereocenters. The van der Waals surface area contributed by atoms with E-state index >= 15 is 0 Å². The molecule has 1 nitrogen and oxygen atoms in total. The maximum atomic E-state index is 13.8. The number of ether oxygens (including phenoxy) is 1. The standard InChI is InChI=1S/C14H10BrClF2O/c1-8-2-3-10(16)6-13(8)19-14-11(17)4-9(7-15)5-12(14)18/h2-6H,7H2,1H3. The summed E-state index contributed by atoms with van der Waals surface area (Å²) in [6.45, 7) is 1.77. The molecule has 0 bridgehead atoms. The van der Waals surface area contributed by atoms with Crippen LogP contribution in [0.15, 0.2) is 30.3 Å². The van der Waals surface area contributed by atoms with E-state index in [-0.39, 0.29) is 0 Å². The Morgan fingerprint density at radius 2 is 1.79 bits per heavy atom. The monoisotopic (exact) mass is 346 g/mol. The zero-order valence-corrected chi connectivity index (χ0v) is 12.4. The molecule has 0 saturated carbocycles. The Kier molecular flexibility index (Phi) is 4.42. The molecular formula is C14H10BrClF2O. The normalized spacial score (nSPS) is 10.6. The lowest BCUT2D eigenvalue weighted by Gasteiger charge is -2.11. The predicted molar refractivity (Wildman–Crippen MR) is 75.3 cm³/mol. The van der Waals surface area contributed by atoms with Gasteiger partial charge in [0, 0.05) is 10.4 Å². The molecule has 2 aromatic rings. The molecule has 0 fully saturated rings. The summed E-state index contributed by atoms with van der Waals surface area (Å²) in [6.07, 6.45) is 0. The van der Waals surface area contributed by atoms with Gasteiger partial charge in [-0.2, -0.15) is 0 Å². The number of hydrogen-bond acceptors (Lipinski definition) is 1. The second-order valence-electron chi connectivity index (χ2n) is 4.03. The van der Waals surface area contributed by atoms with Gasteiger partial charge in [-0.25, -0.2) is 8.78 Å². The minimum absolute atomic E-state index is 0.330. The van der Waals surface area contributed by atoms with Gasteiger partial charge >= 0.3 is 0 Å². The molecule has 0 aliphatic carbocycles. The van der Waals surface area contributed by atoms with Gasteiger partial charge in [0.1, 0.15) is 5.75 Å². The van der Waals surface area contributed by atoms with Crippen LogP contribution in [0.1, 0.15) is 11.1 Å². The lowest BCUT2D eigenvalue weighted by atomic mass is 10.2. The third kappa shape index (κ3) is 3.25. The Labute approximate surface area is 123 Å². The fraction of sp³-hybridized carbons (Fsp3) is 0.143. The maximum Gasteiger partial charge on any atom is 0.198 e. The van der Waals surface area contributed by atoms with Gasteiger partial charge in [0.25, 0.3) is 0 Å². The number of halogens is 4. The molecule has 5 heteroatoms. The number of hydrogen-bond donors (Lipinski definition) is 0. The smallest absolute Gasteiger partial charge is 0.198 e. The molecule has 0 heterocycles. The van der Waals surface area contributed by atoms with Gasteiger partial charge < -0.3 is 4.74 Å². The van der Waals surface area contributed by atoms with Crippen molar-refractivity contribution in [2.24, 2.45) is 0 Å². The Bertz CT molecular complexity index is 593. The lowest BCUT2D eigenvalue weighted by molar-refractivity contribution is 0.405. The Morgan fingerprint density at radius 1 is 1.16 bits per heavy atom. The van der Waals surface area contributed by atoms with E-state index in [2.05, 4.69) is 15.9 Å². The molecule has 0 aromatic heterocycles. The molecule has 0 radical (unpaired) electrons. The van der Waals surface area contributed by atoms with Crippen molar-refractivity contribution in [1.29, 1.82) is 0 Å². The quantitative estimate of drug-likeness (QED) is 0.655. The van der Waals surface area contributed by atoms with Crippen LogP contribution >= 0.6 is 27.5 Å². The van der Waals surface area contributed by atoms with Gasteiger partial charge in [-0.05, 0) is 42.3 Å². The van der Waals surface area contributed by atoms with Gasteiger partial charge in [0.05, 0.1) is 0 Å². The van der Waals surface area contributed by atoms with Crippen LogP contribution in [0.5, 0.6) is 11.5 Å². The zero-order valence-electron chi connectivity index (χ0n) is 10.0. The lowest BCUT2D eigenvalue weighted by Crippen LogP contribution is -1.96. The van der Waals surface area contributed by atoms with E-state index in [1.165, 1.54) is 18.2 Å². The number of aryl methyl sites for hydroxylation is 1. The van der Waals surface area contributed by atoms with Gasteiger partial charge in [-0.15, -0.1) is 0 Å². The third-order valence-electron chi connectivity index (χ3n) is 2.57. The van der Waals surface area contributed by atoms with E-state index in [4.69, 9.17) is 16.3 Å². The molecule has 2 aromatic carbocycles. The van der Waals surface area contributed by atoms with Crippen molar-refractivity contribution < 1.29 is 13.5 Å². The zero-order chi connectivity index (χ0) is 14.0. The highest BCUT2D eigenvalue weighted by Gasteiger charge is 2.14. The van der Waals surface area contributed by atoms with Crippen molar-refractivity contribution in [3.63, 3.8) is 0 Å². The minimum atomic E-state index is -0.742. The summed E-state index contributed by atoms with van der Waals surface area (Å²) < 4.78 is 32.9. The molecular weight excluding hydrogens is 338 g/mol. The SMILES string of the molecule is Cc1ccc(Cl)cc1Oc1c(F)cc(CBr)cc1F. The van der Waals surface area contributed by atoms with Crippen molar-refractivity contribution in [2.45, 2.75) is 12.3 Å². The Hall–Kier alpha value is -1.13. The average Bonchev–Trinajstić information content (AvgIpc) is 2.37. The first-order valence-electron chi connectivity index (χ1n) is 5.49. The van der Waals surface area contributed by atoms with Crippen LogP contribution in [0.2, 0.25) is 5.02 Å². The summed E-state index contributed by atoms with van der Waals surface area (Å²) in [5, 5.41) is 0.815. The third-order valence-corrected chi connectivity index (χ3v) is 3.46. The van der Waals surface area contributed by atoms with Crippen LogP contribution in [-0.2, 0) is 5.33 Å². The van der Waals surface area contributed by atoms with E-state index in [9.17, 15) is 8.78 Å². The van der Waals surface area contributed by atoms with Crippen LogP contribution in [0.3, 0.4) is 0 Å². The highest BCUT2D eigenvalue weighted by atomic mass is 79.9. The van der Waals surface area contributed by atoms with E-state index < -0.39 is 17.4 Å². The van der Waals surface area contributed by atoms with Crippen LogP contribution in [-0.4, -0.2) is 0 Å². The Balaban J connectivity index is 2.41. The van der Waals surface area contributed by atoms with Crippen molar-refractivity contribution in [1.82, 2.24) is 0 Å². The topological polar surface area (TPSA) is 9.23 Å². The van der Waals surface area contributed by atoms with Crippen molar-refractivity contribution in [3.05, 3.63) is 58.1 Å². The van der Waals surface area contributed by atoms with Crippen LogP contribution in [0.25, 0.3) is 0 Å². The fourth-order valence-corrected chi connectivity index (χ4v) is 2.07. The number of rotatable bonds is 3. The van der Waals surface area contributed by atoms with Crippen molar-refractivity contribution in [3.8, 4) is 11.5 Å². The van der Waals surface area contributed by atoms with Crippen molar-refractivity contribution in [2.75, 3.05) is 0 Å². The molecule has 0 spiro atoms. The van der Waals surface area contributed by atoms with E-state index in [1.54, 1.807) is 19.1 Å². The molecule has 2 rings (SSSR count). The van der Waals surface area contributed by atoms with Gasteiger partial charge in [-0.3, -0.25) is 0 Å². The number of alkyl halides is 1. The highest BCUT2D eigenvalue weighted by molar-refractivity contribution is 9.08. The van der Waals surface area contributed by atoms with Crippen LogP contribution < -0.4 is 4.74 Å². The summed E-state index contributed by atoms with van der Waals surface area (Å²) in [6, 6.07) is 7.39. The van der Waals surface area contributed by atoms with Crippen LogP contribution in [0.4, 0.5) is 8.78 Å². The van der Waals surface area contributed by atoms with Crippen LogP contribution in [0, 0.1) is 18.6 Å². The van der Waals surface area contributed by atoms with E-state index in [0.717, 1.165) is 5.56 Å². The number of benzene rings is 2. The summed E-state index contributed by atoms with van der Waals surface area (Å²) in [4.78, 5) is 0. The maximum absolute atomic E-state index is 13.8. The summed E-state index contributed by atoms with van der Waals surface area (Å²) >= 11 is 8.98. The predicted octanol–water partition coefficient (Wildman–Crippen LogP) is 5.61. The fourth-order valence-electron chi connectivity index (χ4n) is 1.58. The molecule has 0 aliphatic heterocycles. The molecule has 100 valence electrons. The minimum Gasteiger partial charge on any atom is -0.451 e. The molecule has 0 N–H and O–H groups in total. The van der Waals surface area contributed by atoms with Gasteiger partial charge in [0.15, 0.2) is 17.4 Å². The molecule has 0 saturated heterocycles. The second-order valence-corrected chi connectivity index (χ2v) is 5.03. The summed E-state index contributed by atoms with van der Waals surface area (Å²) in [5.74, 6) is -1.57. The molecule has 0 aliphatic rings. The first kappa shape index (κ1) is 14.3. The summed E-state index contributed by atoms with van der Waals surface area (Å²) in [7, 11) is 0. The van der Waals surface area contributed by atoms with E-state index in [0.29, 0.717) is 21.7 Å².